The third-order valence-electron chi connectivity index (χ3n) is 3.01. The fourth-order valence-electron chi connectivity index (χ4n) is 2.18. The predicted octanol–water partition coefficient (Wildman–Crippen LogP) is 3.99. The van der Waals surface area contributed by atoms with E-state index in [1.807, 2.05) is 11.8 Å². The Morgan fingerprint density at radius 3 is 3.00 bits per heavy atom. The number of nitrogens with two attached hydrogens (primary N) is 1. The molecule has 2 atom stereocenters. The maximum absolute atomic E-state index is 5.91. The summed E-state index contributed by atoms with van der Waals surface area (Å²) < 4.78 is 0. The van der Waals surface area contributed by atoms with Gasteiger partial charge >= 0.3 is 0 Å². The number of hydrogen-bond donors (Lipinski definition) is 1. The molecule has 1 heterocycles. The normalized spacial score (nSPS) is 25.6. The van der Waals surface area contributed by atoms with Crippen LogP contribution < -0.4 is 5.73 Å². The monoisotopic (exact) mass is 256 g/mol. The number of hydrogen-bond acceptors (Lipinski definition) is 3. The van der Waals surface area contributed by atoms with Gasteiger partial charge in [-0.05, 0) is 24.8 Å². The van der Waals surface area contributed by atoms with Crippen LogP contribution in [0.4, 0.5) is 5.69 Å². The number of thioether (sulfide) groups is 1. The standard InChI is InChI=1S/C12H17ClN2S/c1-8-3-2-4-10(5-8)16-12-11(14)6-9(13)7-15-12/h6-8,10H,2-5,14H2,1H3. The Morgan fingerprint density at radius 1 is 1.50 bits per heavy atom. The Balaban J connectivity index is 2.02. The lowest BCUT2D eigenvalue weighted by Crippen LogP contribution is -2.15. The molecule has 2 N–H and O–H groups in total. The van der Waals surface area contributed by atoms with Gasteiger partial charge in [0.1, 0.15) is 5.03 Å². The molecular formula is C12H17ClN2S. The Bertz CT molecular complexity index is 370. The van der Waals surface area contributed by atoms with Gasteiger partial charge in [0.15, 0.2) is 0 Å². The summed E-state index contributed by atoms with van der Waals surface area (Å²) in [7, 11) is 0. The Kier molecular flexibility index (Phi) is 3.98. The zero-order chi connectivity index (χ0) is 11.5. The molecule has 0 bridgehead atoms. The number of pyridine rings is 1. The molecule has 1 aliphatic carbocycles. The first-order valence-electron chi connectivity index (χ1n) is 5.73. The molecule has 0 spiro atoms. The molecule has 0 aliphatic heterocycles. The molecule has 1 aromatic rings. The topological polar surface area (TPSA) is 38.9 Å². The summed E-state index contributed by atoms with van der Waals surface area (Å²) >= 11 is 7.64. The molecule has 1 saturated carbocycles. The molecule has 0 aromatic carbocycles. The number of aromatic nitrogens is 1. The van der Waals surface area contributed by atoms with Crippen LogP contribution in [0.15, 0.2) is 17.3 Å². The van der Waals surface area contributed by atoms with Crippen LogP contribution in [-0.4, -0.2) is 10.2 Å². The summed E-state index contributed by atoms with van der Waals surface area (Å²) in [6.07, 6.45) is 6.91. The van der Waals surface area contributed by atoms with Crippen molar-refractivity contribution in [2.45, 2.75) is 42.9 Å². The molecule has 88 valence electrons. The van der Waals surface area contributed by atoms with Crippen LogP contribution in [0.2, 0.25) is 5.02 Å². The minimum Gasteiger partial charge on any atom is -0.396 e. The third kappa shape index (κ3) is 3.05. The largest absolute Gasteiger partial charge is 0.396 e. The molecular weight excluding hydrogens is 240 g/mol. The highest BCUT2D eigenvalue weighted by atomic mass is 35.5. The van der Waals surface area contributed by atoms with Crippen LogP contribution in [-0.2, 0) is 0 Å². The fourth-order valence-corrected chi connectivity index (χ4v) is 3.68. The van der Waals surface area contributed by atoms with Crippen LogP contribution >= 0.6 is 23.4 Å². The number of halogens is 1. The van der Waals surface area contributed by atoms with E-state index in [-0.39, 0.29) is 0 Å². The fraction of sp³-hybridized carbons (Fsp3) is 0.583. The van der Waals surface area contributed by atoms with Crippen molar-refractivity contribution in [2.24, 2.45) is 5.92 Å². The van der Waals surface area contributed by atoms with Gasteiger partial charge in [0.05, 0.1) is 10.7 Å². The van der Waals surface area contributed by atoms with Gasteiger partial charge in [-0.3, -0.25) is 0 Å². The van der Waals surface area contributed by atoms with Crippen molar-refractivity contribution in [1.29, 1.82) is 0 Å². The average Bonchev–Trinajstić information content (AvgIpc) is 2.22. The van der Waals surface area contributed by atoms with Crippen LogP contribution in [0.1, 0.15) is 32.6 Å². The molecule has 1 aromatic heterocycles. The van der Waals surface area contributed by atoms with Crippen molar-refractivity contribution >= 4 is 29.1 Å². The van der Waals surface area contributed by atoms with Gasteiger partial charge in [-0.2, -0.15) is 0 Å². The van der Waals surface area contributed by atoms with Gasteiger partial charge in [-0.25, -0.2) is 4.98 Å². The second-order valence-corrected chi connectivity index (χ2v) is 6.29. The third-order valence-corrected chi connectivity index (χ3v) is 4.54. The molecule has 0 amide bonds. The van der Waals surface area contributed by atoms with Crippen LogP contribution in [0.5, 0.6) is 0 Å². The number of anilines is 1. The Labute approximate surface area is 106 Å². The second kappa shape index (κ2) is 5.28. The summed E-state index contributed by atoms with van der Waals surface area (Å²) in [5.74, 6) is 0.833. The lowest BCUT2D eigenvalue weighted by atomic mass is 9.91. The Morgan fingerprint density at radius 2 is 2.31 bits per heavy atom. The molecule has 2 rings (SSSR count). The molecule has 2 unspecified atom stereocenters. The average molecular weight is 257 g/mol. The van der Waals surface area contributed by atoms with Crippen LogP contribution in [0.3, 0.4) is 0 Å². The molecule has 0 saturated heterocycles. The van der Waals surface area contributed by atoms with Crippen molar-refractivity contribution in [3.63, 3.8) is 0 Å². The van der Waals surface area contributed by atoms with E-state index in [9.17, 15) is 0 Å². The lowest BCUT2D eigenvalue weighted by molar-refractivity contribution is 0.394. The SMILES string of the molecule is CC1CCCC(Sc2ncc(Cl)cc2N)C1. The van der Waals surface area contributed by atoms with E-state index in [1.54, 1.807) is 12.3 Å². The lowest BCUT2D eigenvalue weighted by Gasteiger charge is -2.26. The highest BCUT2D eigenvalue weighted by Gasteiger charge is 2.20. The summed E-state index contributed by atoms with van der Waals surface area (Å²) in [6.45, 7) is 2.32. The van der Waals surface area contributed by atoms with Gasteiger partial charge in [-0.15, -0.1) is 11.8 Å². The zero-order valence-electron chi connectivity index (χ0n) is 9.45. The van der Waals surface area contributed by atoms with Gasteiger partial charge in [0.25, 0.3) is 0 Å². The van der Waals surface area contributed by atoms with E-state index in [0.29, 0.717) is 16.0 Å². The Hall–Kier alpha value is -0.410. The summed E-state index contributed by atoms with van der Waals surface area (Å²) in [5, 5.41) is 2.21. The number of nitrogens with zero attached hydrogens (tertiary/aromatic N) is 1. The number of nitrogen functional groups attached to an aromatic ring is 1. The van der Waals surface area contributed by atoms with E-state index in [2.05, 4.69) is 11.9 Å². The first-order valence-corrected chi connectivity index (χ1v) is 6.98. The van der Waals surface area contributed by atoms with E-state index >= 15 is 0 Å². The summed E-state index contributed by atoms with van der Waals surface area (Å²) in [5.41, 5.74) is 6.61. The zero-order valence-corrected chi connectivity index (χ0v) is 11.0. The molecule has 0 radical (unpaired) electrons. The molecule has 16 heavy (non-hydrogen) atoms. The first-order chi connectivity index (χ1) is 7.65. The minimum atomic E-state index is 0.610. The first kappa shape index (κ1) is 12.1. The van der Waals surface area contributed by atoms with Gasteiger partial charge in [0, 0.05) is 11.4 Å². The van der Waals surface area contributed by atoms with Gasteiger partial charge < -0.3 is 5.73 Å². The maximum atomic E-state index is 5.91. The van der Waals surface area contributed by atoms with Gasteiger partial charge in [0.2, 0.25) is 0 Å². The van der Waals surface area contributed by atoms with Crippen molar-refractivity contribution in [3.05, 3.63) is 17.3 Å². The van der Waals surface area contributed by atoms with Crippen molar-refractivity contribution in [2.75, 3.05) is 5.73 Å². The van der Waals surface area contributed by atoms with E-state index in [1.165, 1.54) is 25.7 Å². The van der Waals surface area contributed by atoms with Crippen molar-refractivity contribution in [3.8, 4) is 0 Å². The molecule has 4 heteroatoms. The predicted molar refractivity (Wildman–Crippen MR) is 70.9 cm³/mol. The smallest absolute Gasteiger partial charge is 0.119 e. The van der Waals surface area contributed by atoms with Crippen LogP contribution in [0, 0.1) is 5.92 Å². The van der Waals surface area contributed by atoms with Crippen molar-refractivity contribution < 1.29 is 0 Å². The molecule has 2 nitrogen and oxygen atoms in total. The summed E-state index contributed by atoms with van der Waals surface area (Å²) in [6, 6.07) is 1.78. The maximum Gasteiger partial charge on any atom is 0.119 e. The number of rotatable bonds is 2. The minimum absolute atomic E-state index is 0.610. The van der Waals surface area contributed by atoms with E-state index < -0.39 is 0 Å². The quantitative estimate of drug-likeness (QED) is 0.870. The molecule has 1 aliphatic rings. The van der Waals surface area contributed by atoms with E-state index in [0.717, 1.165) is 10.9 Å². The summed E-state index contributed by atoms with van der Waals surface area (Å²) in [4.78, 5) is 4.30. The van der Waals surface area contributed by atoms with Crippen molar-refractivity contribution in [1.82, 2.24) is 4.98 Å². The van der Waals surface area contributed by atoms with Crippen LogP contribution in [0.25, 0.3) is 0 Å². The highest BCUT2D eigenvalue weighted by molar-refractivity contribution is 8.00. The van der Waals surface area contributed by atoms with Gasteiger partial charge in [-0.1, -0.05) is 31.4 Å². The molecule has 1 fully saturated rings. The highest BCUT2D eigenvalue weighted by Crippen LogP contribution is 2.37. The second-order valence-electron chi connectivity index (χ2n) is 4.56. The van der Waals surface area contributed by atoms with E-state index in [4.69, 9.17) is 17.3 Å².